The molecule has 0 saturated carbocycles. The second-order valence-electron chi connectivity index (χ2n) is 8.33. The lowest BCUT2D eigenvalue weighted by Crippen LogP contribution is -2.25. The average molecular weight is 371 g/mol. The highest BCUT2D eigenvalue weighted by Gasteiger charge is 2.18. The third-order valence-electron chi connectivity index (χ3n) is 3.46. The number of anilines is 2. The lowest BCUT2D eigenvalue weighted by Gasteiger charge is -2.23. The molecule has 0 atom stereocenters. The molecular weight excluding hydrogens is 342 g/mol. The van der Waals surface area contributed by atoms with Crippen LogP contribution in [0.25, 0.3) is 0 Å². The van der Waals surface area contributed by atoms with Gasteiger partial charge < -0.3 is 19.1 Å². The van der Waals surface area contributed by atoms with Crippen LogP contribution < -0.4 is 14.4 Å². The van der Waals surface area contributed by atoms with Crippen molar-refractivity contribution in [2.24, 2.45) is 0 Å². The molecule has 0 heterocycles. The zero-order valence-electron chi connectivity index (χ0n) is 17.2. The summed E-state index contributed by atoms with van der Waals surface area (Å²) < 4.78 is 16.2. The van der Waals surface area contributed by atoms with Crippen molar-refractivity contribution in [1.29, 1.82) is 0 Å². The summed E-state index contributed by atoms with van der Waals surface area (Å²) in [5.74, 6) is 1.27. The molecule has 0 spiro atoms. The first-order chi connectivity index (χ1) is 12.4. The normalized spacial score (nSPS) is 11.7. The van der Waals surface area contributed by atoms with Gasteiger partial charge in [-0.15, -0.1) is 0 Å². The molecule has 27 heavy (non-hydrogen) atoms. The summed E-state index contributed by atoms with van der Waals surface area (Å²) in [5, 5.41) is 0. The maximum absolute atomic E-state index is 11.7. The Kier molecular flexibility index (Phi) is 6.04. The Morgan fingerprint density at radius 2 is 1.19 bits per heavy atom. The highest BCUT2D eigenvalue weighted by molar-refractivity contribution is 5.67. The molecule has 0 unspecified atom stereocenters. The van der Waals surface area contributed by atoms with Crippen LogP contribution in [-0.2, 0) is 4.74 Å². The molecule has 5 heteroatoms. The van der Waals surface area contributed by atoms with Crippen LogP contribution in [0.4, 0.5) is 16.2 Å². The third kappa shape index (κ3) is 6.85. The van der Waals surface area contributed by atoms with Crippen molar-refractivity contribution in [1.82, 2.24) is 0 Å². The number of carbonyl (C=O) groups excluding carboxylic acids is 1. The second-order valence-corrected chi connectivity index (χ2v) is 8.33. The standard InChI is InChI=1S/C22H29NO4/c1-21(2,3)26-19-14-10-17(11-15-19)23(7)16-8-12-18(13-9-16)25-20(24)27-22(4,5)6/h8-15H,1-7H3. The van der Waals surface area contributed by atoms with Crippen LogP contribution in [0.2, 0.25) is 0 Å². The largest absolute Gasteiger partial charge is 0.514 e. The van der Waals surface area contributed by atoms with Crippen molar-refractivity contribution < 1.29 is 19.0 Å². The Labute approximate surface area is 161 Å². The minimum atomic E-state index is -0.710. The van der Waals surface area contributed by atoms with Crippen molar-refractivity contribution in [3.05, 3.63) is 48.5 Å². The molecule has 0 aliphatic rings. The highest BCUT2D eigenvalue weighted by atomic mass is 16.7. The van der Waals surface area contributed by atoms with Gasteiger partial charge >= 0.3 is 6.16 Å². The average Bonchev–Trinajstić information content (AvgIpc) is 2.52. The van der Waals surface area contributed by atoms with Crippen LogP contribution in [0.1, 0.15) is 41.5 Å². The van der Waals surface area contributed by atoms with E-state index in [-0.39, 0.29) is 5.60 Å². The number of nitrogens with zero attached hydrogens (tertiary/aromatic N) is 1. The molecule has 2 aromatic rings. The zero-order valence-corrected chi connectivity index (χ0v) is 17.2. The lowest BCUT2D eigenvalue weighted by atomic mass is 10.2. The van der Waals surface area contributed by atoms with Gasteiger partial charge in [0.15, 0.2) is 0 Å². The van der Waals surface area contributed by atoms with Crippen molar-refractivity contribution in [2.75, 3.05) is 11.9 Å². The van der Waals surface area contributed by atoms with E-state index in [0.717, 1.165) is 17.1 Å². The predicted octanol–water partition coefficient (Wildman–Crippen LogP) is 5.95. The third-order valence-corrected chi connectivity index (χ3v) is 3.46. The second kappa shape index (κ2) is 7.91. The Bertz CT molecular complexity index is 753. The van der Waals surface area contributed by atoms with Crippen LogP contribution in [0.15, 0.2) is 48.5 Å². The van der Waals surface area contributed by atoms with Crippen LogP contribution in [0, 0.1) is 0 Å². The summed E-state index contributed by atoms with van der Waals surface area (Å²) in [4.78, 5) is 13.8. The van der Waals surface area contributed by atoms with Gasteiger partial charge in [-0.05, 0) is 90.1 Å². The van der Waals surface area contributed by atoms with Crippen molar-refractivity contribution in [2.45, 2.75) is 52.7 Å². The summed E-state index contributed by atoms with van der Waals surface area (Å²) in [6.07, 6.45) is -0.710. The molecular formula is C22H29NO4. The SMILES string of the molecule is CN(c1ccc(OC(=O)OC(C)(C)C)cc1)c1ccc(OC(C)(C)C)cc1. The number of hydrogen-bond acceptors (Lipinski definition) is 5. The van der Waals surface area contributed by atoms with Crippen molar-refractivity contribution >= 4 is 17.5 Å². The summed E-state index contributed by atoms with van der Waals surface area (Å²) >= 11 is 0. The van der Waals surface area contributed by atoms with E-state index >= 15 is 0 Å². The molecule has 0 bridgehead atoms. The van der Waals surface area contributed by atoms with E-state index in [1.807, 2.05) is 69.1 Å². The molecule has 0 radical (unpaired) electrons. The van der Waals surface area contributed by atoms with Gasteiger partial charge in [0, 0.05) is 18.4 Å². The summed E-state index contributed by atoms with van der Waals surface area (Å²) in [6.45, 7) is 11.5. The molecule has 5 nitrogen and oxygen atoms in total. The molecule has 0 aliphatic heterocycles. The van der Waals surface area contributed by atoms with Crippen molar-refractivity contribution in [3.63, 3.8) is 0 Å². The monoisotopic (exact) mass is 371 g/mol. The summed E-state index contributed by atoms with van der Waals surface area (Å²) in [7, 11) is 1.98. The summed E-state index contributed by atoms with van der Waals surface area (Å²) in [6, 6.07) is 15.2. The maximum Gasteiger partial charge on any atom is 0.514 e. The van der Waals surface area contributed by atoms with Gasteiger partial charge in [0.05, 0.1) is 0 Å². The number of benzene rings is 2. The molecule has 0 amide bonds. The van der Waals surface area contributed by atoms with Crippen LogP contribution >= 0.6 is 0 Å². The zero-order chi connectivity index (χ0) is 20.2. The number of carbonyl (C=O) groups is 1. The van der Waals surface area contributed by atoms with Gasteiger partial charge in [-0.25, -0.2) is 4.79 Å². The van der Waals surface area contributed by atoms with Gasteiger partial charge in [-0.3, -0.25) is 0 Å². The minimum absolute atomic E-state index is 0.225. The minimum Gasteiger partial charge on any atom is -0.488 e. The summed E-state index contributed by atoms with van der Waals surface area (Å²) in [5.41, 5.74) is 1.19. The van der Waals surface area contributed by atoms with E-state index in [1.165, 1.54) is 0 Å². The first-order valence-electron chi connectivity index (χ1n) is 8.97. The molecule has 0 aromatic heterocycles. The maximum atomic E-state index is 11.7. The predicted molar refractivity (Wildman–Crippen MR) is 108 cm³/mol. The van der Waals surface area contributed by atoms with Gasteiger partial charge in [-0.2, -0.15) is 0 Å². The number of rotatable bonds is 4. The van der Waals surface area contributed by atoms with E-state index in [0.29, 0.717) is 5.75 Å². The van der Waals surface area contributed by atoms with Gasteiger partial charge in [0.2, 0.25) is 0 Å². The van der Waals surface area contributed by atoms with Gasteiger partial charge in [0.1, 0.15) is 22.7 Å². The van der Waals surface area contributed by atoms with Gasteiger partial charge in [0.25, 0.3) is 0 Å². The van der Waals surface area contributed by atoms with E-state index in [9.17, 15) is 4.79 Å². The Hall–Kier alpha value is -2.69. The smallest absolute Gasteiger partial charge is 0.488 e. The Morgan fingerprint density at radius 3 is 1.59 bits per heavy atom. The molecule has 0 fully saturated rings. The lowest BCUT2D eigenvalue weighted by molar-refractivity contribution is 0.0206. The molecule has 0 saturated heterocycles. The molecule has 0 aliphatic carbocycles. The fraction of sp³-hybridized carbons (Fsp3) is 0.409. The number of hydrogen-bond donors (Lipinski definition) is 0. The molecule has 146 valence electrons. The Morgan fingerprint density at radius 1 is 0.741 bits per heavy atom. The van der Waals surface area contributed by atoms with Gasteiger partial charge in [-0.1, -0.05) is 0 Å². The molecule has 2 rings (SSSR count). The van der Waals surface area contributed by atoms with E-state index in [4.69, 9.17) is 14.2 Å². The fourth-order valence-corrected chi connectivity index (χ4v) is 2.35. The topological polar surface area (TPSA) is 48.0 Å². The van der Waals surface area contributed by atoms with E-state index < -0.39 is 11.8 Å². The Balaban J connectivity index is 2.02. The number of ether oxygens (including phenoxy) is 3. The van der Waals surface area contributed by atoms with Crippen LogP contribution in [0.3, 0.4) is 0 Å². The first kappa shape index (κ1) is 20.6. The molecule has 0 N–H and O–H groups in total. The van der Waals surface area contributed by atoms with Crippen LogP contribution in [-0.4, -0.2) is 24.4 Å². The highest BCUT2D eigenvalue weighted by Crippen LogP contribution is 2.28. The van der Waals surface area contributed by atoms with Crippen LogP contribution in [0.5, 0.6) is 11.5 Å². The fourth-order valence-electron chi connectivity index (χ4n) is 2.35. The van der Waals surface area contributed by atoms with E-state index in [1.54, 1.807) is 32.9 Å². The molecule has 2 aromatic carbocycles. The first-order valence-corrected chi connectivity index (χ1v) is 8.97. The quantitative estimate of drug-likeness (QED) is 0.491. The van der Waals surface area contributed by atoms with Crippen molar-refractivity contribution in [3.8, 4) is 11.5 Å². The van der Waals surface area contributed by atoms with E-state index in [2.05, 4.69) is 0 Å².